The number of hydrogen-bond donors (Lipinski definition) is 2. The van der Waals surface area contributed by atoms with Crippen molar-refractivity contribution in [1.29, 1.82) is 0 Å². The normalized spacial score (nSPS) is 15.2. The van der Waals surface area contributed by atoms with Gasteiger partial charge in [0.05, 0.1) is 0 Å². The van der Waals surface area contributed by atoms with Crippen LogP contribution in [-0.4, -0.2) is 11.7 Å². The van der Waals surface area contributed by atoms with E-state index < -0.39 is 11.4 Å². The quantitative estimate of drug-likeness (QED) is 0.814. The molecule has 0 saturated heterocycles. The molecule has 0 aromatic heterocycles. The average Bonchev–Trinajstić information content (AvgIpc) is 2.20. The zero-order chi connectivity index (χ0) is 10.8. The van der Waals surface area contributed by atoms with Gasteiger partial charge in [0.25, 0.3) is 0 Å². The van der Waals surface area contributed by atoms with Gasteiger partial charge in [-0.15, -0.1) is 0 Å². The van der Waals surface area contributed by atoms with Crippen molar-refractivity contribution in [2.45, 2.75) is 18.9 Å². The fraction of sp³-hybridized carbons (Fsp3) is 0.400. The Bertz CT molecular complexity index is 326. The summed E-state index contributed by atoms with van der Waals surface area (Å²) in [6, 6.07) is 3.89. The first kappa shape index (κ1) is 11.4. The van der Waals surface area contributed by atoms with E-state index in [-0.39, 0.29) is 6.54 Å². The summed E-state index contributed by atoms with van der Waals surface area (Å²) in [5.74, 6) is -0.426. The predicted molar refractivity (Wildman–Crippen MR) is 54.7 cm³/mol. The molecule has 1 aromatic carbocycles. The van der Waals surface area contributed by atoms with Gasteiger partial charge in [-0.05, 0) is 24.6 Å². The third-order valence-corrected chi connectivity index (χ3v) is 2.68. The van der Waals surface area contributed by atoms with Crippen LogP contribution in [-0.2, 0) is 5.60 Å². The highest BCUT2D eigenvalue weighted by Crippen LogP contribution is 2.30. The second kappa shape index (κ2) is 4.26. The van der Waals surface area contributed by atoms with Crippen molar-refractivity contribution >= 4 is 11.6 Å². The number of nitrogens with two attached hydrogens (primary N) is 1. The van der Waals surface area contributed by atoms with Gasteiger partial charge in [0.2, 0.25) is 0 Å². The van der Waals surface area contributed by atoms with Crippen LogP contribution in [0, 0.1) is 5.82 Å². The number of aliphatic hydroxyl groups is 1. The summed E-state index contributed by atoms with van der Waals surface area (Å²) in [5.41, 5.74) is 4.55. The topological polar surface area (TPSA) is 46.2 Å². The second-order valence-corrected chi connectivity index (χ2v) is 3.62. The lowest BCUT2D eigenvalue weighted by Gasteiger charge is -2.26. The van der Waals surface area contributed by atoms with Gasteiger partial charge < -0.3 is 10.8 Å². The molecule has 1 unspecified atom stereocenters. The Kier molecular flexibility index (Phi) is 3.48. The van der Waals surface area contributed by atoms with Crippen molar-refractivity contribution in [2.75, 3.05) is 6.54 Å². The van der Waals surface area contributed by atoms with E-state index >= 15 is 0 Å². The van der Waals surface area contributed by atoms with Crippen LogP contribution in [0.1, 0.15) is 18.9 Å². The van der Waals surface area contributed by atoms with Crippen molar-refractivity contribution in [3.8, 4) is 0 Å². The minimum Gasteiger partial charge on any atom is -0.384 e. The van der Waals surface area contributed by atoms with E-state index in [0.717, 1.165) is 0 Å². The van der Waals surface area contributed by atoms with Gasteiger partial charge in [-0.25, -0.2) is 4.39 Å². The molecule has 0 spiro atoms. The van der Waals surface area contributed by atoms with E-state index in [9.17, 15) is 9.50 Å². The van der Waals surface area contributed by atoms with Crippen LogP contribution >= 0.6 is 11.6 Å². The maximum absolute atomic E-state index is 12.9. The van der Waals surface area contributed by atoms with Gasteiger partial charge in [-0.2, -0.15) is 0 Å². The Morgan fingerprint density at radius 2 is 2.21 bits per heavy atom. The van der Waals surface area contributed by atoms with Crippen LogP contribution < -0.4 is 5.73 Å². The third-order valence-electron chi connectivity index (χ3n) is 2.35. The molecule has 78 valence electrons. The van der Waals surface area contributed by atoms with Gasteiger partial charge in [0.15, 0.2) is 0 Å². The SMILES string of the molecule is CCC(O)(CN)c1cc(F)ccc1Cl. The Hall–Kier alpha value is -0.640. The summed E-state index contributed by atoms with van der Waals surface area (Å²) < 4.78 is 12.9. The Balaban J connectivity index is 3.22. The van der Waals surface area contributed by atoms with Gasteiger partial charge in [0, 0.05) is 17.1 Å². The number of benzene rings is 1. The summed E-state index contributed by atoms with van der Waals surface area (Å²) in [7, 11) is 0. The lowest BCUT2D eigenvalue weighted by atomic mass is 9.91. The van der Waals surface area contributed by atoms with Crippen molar-refractivity contribution in [3.63, 3.8) is 0 Å². The number of halogens is 2. The van der Waals surface area contributed by atoms with Crippen molar-refractivity contribution in [3.05, 3.63) is 34.6 Å². The van der Waals surface area contributed by atoms with E-state index in [1.54, 1.807) is 6.92 Å². The highest BCUT2D eigenvalue weighted by molar-refractivity contribution is 6.31. The molecule has 4 heteroatoms. The van der Waals surface area contributed by atoms with Gasteiger partial charge in [-0.3, -0.25) is 0 Å². The molecule has 0 fully saturated rings. The van der Waals surface area contributed by atoms with Crippen molar-refractivity contribution < 1.29 is 9.50 Å². The largest absolute Gasteiger partial charge is 0.384 e. The molecule has 1 aromatic rings. The fourth-order valence-electron chi connectivity index (χ4n) is 1.30. The summed E-state index contributed by atoms with van der Waals surface area (Å²) >= 11 is 5.86. The van der Waals surface area contributed by atoms with E-state index in [1.165, 1.54) is 18.2 Å². The Morgan fingerprint density at radius 3 is 2.71 bits per heavy atom. The lowest BCUT2D eigenvalue weighted by molar-refractivity contribution is 0.0416. The van der Waals surface area contributed by atoms with Crippen LogP contribution in [0.2, 0.25) is 5.02 Å². The third kappa shape index (κ3) is 2.05. The molecule has 14 heavy (non-hydrogen) atoms. The van der Waals surface area contributed by atoms with Crippen LogP contribution in [0.25, 0.3) is 0 Å². The Labute approximate surface area is 87.5 Å². The highest BCUT2D eigenvalue weighted by Gasteiger charge is 2.28. The minimum atomic E-state index is -1.24. The summed E-state index contributed by atoms with van der Waals surface area (Å²) in [4.78, 5) is 0. The van der Waals surface area contributed by atoms with Gasteiger partial charge in [-0.1, -0.05) is 18.5 Å². The summed E-state index contributed by atoms with van der Waals surface area (Å²) in [5, 5.41) is 10.4. The molecule has 3 N–H and O–H groups in total. The van der Waals surface area contributed by atoms with Gasteiger partial charge >= 0.3 is 0 Å². The van der Waals surface area contributed by atoms with Gasteiger partial charge in [0.1, 0.15) is 11.4 Å². The van der Waals surface area contributed by atoms with Crippen LogP contribution in [0.15, 0.2) is 18.2 Å². The zero-order valence-electron chi connectivity index (χ0n) is 7.93. The lowest BCUT2D eigenvalue weighted by Crippen LogP contribution is -2.34. The molecular weight excluding hydrogens is 205 g/mol. The standard InChI is InChI=1S/C10H13ClFNO/c1-2-10(14,6-13)8-5-7(12)3-4-9(8)11/h3-5,14H,2,6,13H2,1H3. The molecule has 0 bridgehead atoms. The summed E-state index contributed by atoms with van der Waals surface area (Å²) in [6.45, 7) is 1.79. The molecule has 1 atom stereocenters. The maximum atomic E-state index is 12.9. The monoisotopic (exact) mass is 217 g/mol. The summed E-state index contributed by atoms with van der Waals surface area (Å²) in [6.07, 6.45) is 0.396. The fourth-order valence-corrected chi connectivity index (χ4v) is 1.59. The van der Waals surface area contributed by atoms with Crippen LogP contribution in [0.5, 0.6) is 0 Å². The van der Waals surface area contributed by atoms with E-state index in [1.807, 2.05) is 0 Å². The second-order valence-electron chi connectivity index (χ2n) is 3.21. The molecule has 2 nitrogen and oxygen atoms in total. The predicted octanol–water partition coefficient (Wildman–Crippen LogP) is 2.04. The smallest absolute Gasteiger partial charge is 0.123 e. The number of rotatable bonds is 3. The molecule has 0 heterocycles. The zero-order valence-corrected chi connectivity index (χ0v) is 8.68. The van der Waals surface area contributed by atoms with E-state index in [0.29, 0.717) is 17.0 Å². The van der Waals surface area contributed by atoms with E-state index in [4.69, 9.17) is 17.3 Å². The molecule has 0 aliphatic carbocycles. The van der Waals surface area contributed by atoms with Crippen molar-refractivity contribution in [1.82, 2.24) is 0 Å². The molecule has 0 saturated carbocycles. The number of hydrogen-bond acceptors (Lipinski definition) is 2. The molecule has 0 radical (unpaired) electrons. The Morgan fingerprint density at radius 1 is 1.57 bits per heavy atom. The molecule has 0 aliphatic rings. The van der Waals surface area contributed by atoms with Crippen LogP contribution in [0.4, 0.5) is 4.39 Å². The maximum Gasteiger partial charge on any atom is 0.123 e. The molecule has 0 amide bonds. The van der Waals surface area contributed by atoms with E-state index in [2.05, 4.69) is 0 Å². The first-order valence-corrected chi connectivity index (χ1v) is 4.79. The van der Waals surface area contributed by atoms with Crippen LogP contribution in [0.3, 0.4) is 0 Å². The van der Waals surface area contributed by atoms with Crippen molar-refractivity contribution in [2.24, 2.45) is 5.73 Å². The average molecular weight is 218 g/mol. The highest BCUT2D eigenvalue weighted by atomic mass is 35.5. The molecular formula is C10H13ClFNO. The first-order valence-electron chi connectivity index (χ1n) is 4.41. The first-order chi connectivity index (χ1) is 6.53. The molecule has 0 aliphatic heterocycles. The molecule has 1 rings (SSSR count). The minimum absolute atomic E-state index is 0.0205.